The number of piperidine rings is 1. The minimum atomic E-state index is 0.263. The molecule has 0 amide bonds. The number of aromatic nitrogens is 2. The van der Waals surface area contributed by atoms with Crippen LogP contribution in [0.4, 0.5) is 11.8 Å². The van der Waals surface area contributed by atoms with Gasteiger partial charge >= 0.3 is 0 Å². The number of benzene rings is 1. The second kappa shape index (κ2) is 6.44. The summed E-state index contributed by atoms with van der Waals surface area (Å²) < 4.78 is 0. The third kappa shape index (κ3) is 3.17. The number of hydrogen-bond donors (Lipinski definition) is 1. The maximum atomic E-state index is 8.87. The molecule has 1 fully saturated rings. The molecule has 0 aliphatic carbocycles. The van der Waals surface area contributed by atoms with Crippen molar-refractivity contribution < 1.29 is 0 Å². The van der Waals surface area contributed by atoms with E-state index < -0.39 is 0 Å². The van der Waals surface area contributed by atoms with E-state index in [-0.39, 0.29) is 5.82 Å². The minimum absolute atomic E-state index is 0.263. The number of nitrogens with two attached hydrogens (primary N) is 1. The van der Waals surface area contributed by atoms with Gasteiger partial charge in [0.15, 0.2) is 0 Å². The number of nitriles is 1. The van der Waals surface area contributed by atoms with E-state index in [9.17, 15) is 0 Å². The number of nitrogens with zero attached hydrogens (tertiary/aromatic N) is 4. The first-order chi connectivity index (χ1) is 10.8. The van der Waals surface area contributed by atoms with Crippen molar-refractivity contribution in [2.45, 2.75) is 19.3 Å². The molecule has 0 spiro atoms. The van der Waals surface area contributed by atoms with Crippen molar-refractivity contribution in [3.63, 3.8) is 0 Å². The second-order valence-electron chi connectivity index (χ2n) is 5.70. The molecule has 0 saturated carbocycles. The fraction of sp³-hybridized carbons (Fsp3) is 0.353. The molecule has 2 N–H and O–H groups in total. The summed E-state index contributed by atoms with van der Waals surface area (Å²) in [6.45, 7) is 1.87. The molecule has 1 aliphatic rings. The van der Waals surface area contributed by atoms with E-state index in [1.165, 1.54) is 11.8 Å². The molecular weight excluding hydrogens is 274 g/mol. The molecule has 22 heavy (non-hydrogen) atoms. The Hall–Kier alpha value is -2.61. The van der Waals surface area contributed by atoms with Crippen LogP contribution in [0.1, 0.15) is 24.0 Å². The maximum Gasteiger partial charge on any atom is 0.227 e. The lowest BCUT2D eigenvalue weighted by molar-refractivity contribution is 0.400. The molecule has 1 saturated heterocycles. The highest BCUT2D eigenvalue weighted by Crippen LogP contribution is 2.24. The molecule has 5 nitrogen and oxygen atoms in total. The van der Waals surface area contributed by atoms with Crippen LogP contribution in [0.5, 0.6) is 0 Å². The summed E-state index contributed by atoms with van der Waals surface area (Å²) in [7, 11) is 0. The predicted molar refractivity (Wildman–Crippen MR) is 86.2 cm³/mol. The van der Waals surface area contributed by atoms with Gasteiger partial charge in [-0.25, -0.2) is 4.98 Å². The van der Waals surface area contributed by atoms with Gasteiger partial charge in [0.2, 0.25) is 5.95 Å². The molecule has 5 heteroatoms. The Morgan fingerprint density at radius 1 is 1.23 bits per heavy atom. The van der Waals surface area contributed by atoms with Crippen LogP contribution in [0.15, 0.2) is 36.5 Å². The van der Waals surface area contributed by atoms with Gasteiger partial charge in [0.25, 0.3) is 0 Å². The largest absolute Gasteiger partial charge is 0.382 e. The third-order valence-corrected chi connectivity index (χ3v) is 4.19. The molecule has 0 bridgehead atoms. The van der Waals surface area contributed by atoms with Gasteiger partial charge in [-0.05, 0) is 30.7 Å². The summed E-state index contributed by atoms with van der Waals surface area (Å²) in [5.41, 5.74) is 7.51. The summed E-state index contributed by atoms with van der Waals surface area (Å²) in [6.07, 6.45) is 4.88. The van der Waals surface area contributed by atoms with Crippen LogP contribution in [0, 0.1) is 17.2 Å². The Morgan fingerprint density at radius 3 is 2.59 bits per heavy atom. The highest BCUT2D eigenvalue weighted by atomic mass is 15.3. The Morgan fingerprint density at radius 2 is 1.95 bits per heavy atom. The lowest BCUT2D eigenvalue weighted by Gasteiger charge is -2.32. The molecule has 2 heterocycles. The van der Waals surface area contributed by atoms with Crippen molar-refractivity contribution in [3.8, 4) is 6.07 Å². The van der Waals surface area contributed by atoms with Crippen LogP contribution in [0.2, 0.25) is 0 Å². The van der Waals surface area contributed by atoms with Crippen LogP contribution in [0.25, 0.3) is 0 Å². The van der Waals surface area contributed by atoms with Gasteiger partial charge < -0.3 is 10.6 Å². The van der Waals surface area contributed by atoms with Crippen molar-refractivity contribution in [2.24, 2.45) is 5.92 Å². The lowest BCUT2D eigenvalue weighted by Crippen LogP contribution is -2.35. The van der Waals surface area contributed by atoms with E-state index in [0.717, 1.165) is 32.4 Å². The monoisotopic (exact) mass is 293 g/mol. The van der Waals surface area contributed by atoms with E-state index in [2.05, 4.69) is 45.2 Å². The molecule has 0 unspecified atom stereocenters. The van der Waals surface area contributed by atoms with Crippen LogP contribution in [-0.2, 0) is 6.42 Å². The highest BCUT2D eigenvalue weighted by Gasteiger charge is 2.21. The predicted octanol–water partition coefficient (Wildman–Crippen LogP) is 2.39. The molecule has 0 radical (unpaired) electrons. The Bertz CT molecular complexity index is 669. The summed E-state index contributed by atoms with van der Waals surface area (Å²) in [5, 5.41) is 8.87. The molecule has 3 rings (SSSR count). The van der Waals surface area contributed by atoms with Gasteiger partial charge in [0.05, 0.1) is 6.20 Å². The number of hydrogen-bond acceptors (Lipinski definition) is 5. The number of nitrogen functional groups attached to an aromatic ring is 1. The van der Waals surface area contributed by atoms with E-state index in [1.54, 1.807) is 0 Å². The normalized spacial score (nSPS) is 15.5. The Labute approximate surface area is 130 Å². The fourth-order valence-electron chi connectivity index (χ4n) is 2.91. The first-order valence-corrected chi connectivity index (χ1v) is 7.58. The standard InChI is InChI=1S/C17H19N5/c18-11-15-12-20-17(21-16(15)19)22-8-6-14(7-9-22)10-13-4-2-1-3-5-13/h1-5,12,14H,6-10H2,(H2,19,20,21). The van der Waals surface area contributed by atoms with Gasteiger partial charge in [0, 0.05) is 13.1 Å². The van der Waals surface area contributed by atoms with Crippen molar-refractivity contribution in [3.05, 3.63) is 47.7 Å². The third-order valence-electron chi connectivity index (χ3n) is 4.19. The molecular formula is C17H19N5. The zero-order chi connectivity index (χ0) is 15.4. The molecule has 1 aliphatic heterocycles. The Kier molecular flexibility index (Phi) is 4.19. The summed E-state index contributed by atoms with van der Waals surface area (Å²) in [4.78, 5) is 10.7. The van der Waals surface area contributed by atoms with Gasteiger partial charge in [-0.15, -0.1) is 0 Å². The van der Waals surface area contributed by atoms with Crippen LogP contribution in [0.3, 0.4) is 0 Å². The van der Waals surface area contributed by atoms with Crippen LogP contribution >= 0.6 is 0 Å². The minimum Gasteiger partial charge on any atom is -0.382 e. The van der Waals surface area contributed by atoms with E-state index in [0.29, 0.717) is 17.4 Å². The van der Waals surface area contributed by atoms with E-state index in [4.69, 9.17) is 11.0 Å². The van der Waals surface area contributed by atoms with Crippen LogP contribution in [-0.4, -0.2) is 23.1 Å². The number of anilines is 2. The SMILES string of the molecule is N#Cc1cnc(N2CCC(Cc3ccccc3)CC2)nc1N. The molecule has 1 aromatic heterocycles. The summed E-state index contributed by atoms with van der Waals surface area (Å²) >= 11 is 0. The van der Waals surface area contributed by atoms with Crippen molar-refractivity contribution in [2.75, 3.05) is 23.7 Å². The van der Waals surface area contributed by atoms with Crippen molar-refractivity contribution in [1.82, 2.24) is 9.97 Å². The average molecular weight is 293 g/mol. The first kappa shape index (κ1) is 14.3. The molecule has 0 atom stereocenters. The van der Waals surface area contributed by atoms with Crippen molar-refractivity contribution in [1.29, 1.82) is 5.26 Å². The average Bonchev–Trinajstić information content (AvgIpc) is 2.56. The van der Waals surface area contributed by atoms with E-state index in [1.807, 2.05) is 6.07 Å². The zero-order valence-corrected chi connectivity index (χ0v) is 12.4. The summed E-state index contributed by atoms with van der Waals surface area (Å²) in [5.74, 6) is 1.60. The molecule has 112 valence electrons. The van der Waals surface area contributed by atoms with Gasteiger partial charge in [0.1, 0.15) is 17.5 Å². The van der Waals surface area contributed by atoms with Crippen molar-refractivity contribution >= 4 is 11.8 Å². The topological polar surface area (TPSA) is 78.8 Å². The van der Waals surface area contributed by atoms with Gasteiger partial charge in [-0.1, -0.05) is 30.3 Å². The second-order valence-corrected chi connectivity index (χ2v) is 5.70. The van der Waals surface area contributed by atoms with Crippen LogP contribution < -0.4 is 10.6 Å². The first-order valence-electron chi connectivity index (χ1n) is 7.58. The fourth-order valence-corrected chi connectivity index (χ4v) is 2.91. The summed E-state index contributed by atoms with van der Waals surface area (Å²) in [6, 6.07) is 12.6. The zero-order valence-electron chi connectivity index (χ0n) is 12.4. The molecule has 1 aromatic carbocycles. The maximum absolute atomic E-state index is 8.87. The van der Waals surface area contributed by atoms with Gasteiger partial charge in [-0.3, -0.25) is 0 Å². The quantitative estimate of drug-likeness (QED) is 0.940. The number of rotatable bonds is 3. The Balaban J connectivity index is 1.60. The van der Waals surface area contributed by atoms with Gasteiger partial charge in [-0.2, -0.15) is 10.2 Å². The lowest BCUT2D eigenvalue weighted by atomic mass is 9.90. The highest BCUT2D eigenvalue weighted by molar-refractivity contribution is 5.50. The van der Waals surface area contributed by atoms with E-state index >= 15 is 0 Å². The molecule has 2 aromatic rings. The smallest absolute Gasteiger partial charge is 0.227 e.